The Morgan fingerprint density at radius 1 is 1.33 bits per heavy atom. The minimum Gasteiger partial charge on any atom is -0.341 e. The van der Waals surface area contributed by atoms with E-state index in [0.29, 0.717) is 6.04 Å². The summed E-state index contributed by atoms with van der Waals surface area (Å²) in [6.45, 7) is 5.00. The highest BCUT2D eigenvalue weighted by atomic mass is 19.1. The zero-order valence-electron chi connectivity index (χ0n) is 10.7. The molecule has 2 rings (SSSR count). The Balaban J connectivity index is 2.03. The second-order valence-corrected chi connectivity index (χ2v) is 4.44. The van der Waals surface area contributed by atoms with Gasteiger partial charge >= 0.3 is 0 Å². The van der Waals surface area contributed by atoms with Gasteiger partial charge < -0.3 is 10.3 Å². The molecule has 2 N–H and O–H groups in total. The summed E-state index contributed by atoms with van der Waals surface area (Å²) in [6, 6.07) is 6.87. The summed E-state index contributed by atoms with van der Waals surface area (Å²) in [5.74, 6) is 0.673. The van der Waals surface area contributed by atoms with Gasteiger partial charge in [-0.05, 0) is 43.2 Å². The lowest BCUT2D eigenvalue weighted by molar-refractivity contribution is 0.525. The van der Waals surface area contributed by atoms with E-state index in [0.717, 1.165) is 30.0 Å². The predicted octanol–water partition coefficient (Wildman–Crippen LogP) is 3.10. The Bertz CT molecular complexity index is 490. The molecule has 0 radical (unpaired) electrons. The Labute approximate surface area is 106 Å². The summed E-state index contributed by atoms with van der Waals surface area (Å²) in [6.07, 6.45) is 2.87. The van der Waals surface area contributed by atoms with Crippen molar-refractivity contribution in [3.05, 3.63) is 42.1 Å². The summed E-state index contributed by atoms with van der Waals surface area (Å²) >= 11 is 0. The second-order valence-electron chi connectivity index (χ2n) is 4.44. The van der Waals surface area contributed by atoms with Crippen LogP contribution in [0.2, 0.25) is 0 Å². The van der Waals surface area contributed by atoms with Crippen molar-refractivity contribution in [2.45, 2.75) is 32.9 Å². The number of aromatic nitrogens is 2. The van der Waals surface area contributed by atoms with Gasteiger partial charge in [-0.3, -0.25) is 0 Å². The van der Waals surface area contributed by atoms with Crippen LogP contribution in [-0.4, -0.2) is 16.0 Å². The van der Waals surface area contributed by atoms with E-state index in [1.165, 1.54) is 12.1 Å². The summed E-state index contributed by atoms with van der Waals surface area (Å²) < 4.78 is 12.8. The van der Waals surface area contributed by atoms with Crippen molar-refractivity contribution in [1.82, 2.24) is 15.3 Å². The molecule has 18 heavy (non-hydrogen) atoms. The topological polar surface area (TPSA) is 40.7 Å². The second kappa shape index (κ2) is 5.78. The van der Waals surface area contributed by atoms with Gasteiger partial charge in [-0.25, -0.2) is 9.37 Å². The quantitative estimate of drug-likeness (QED) is 0.852. The SMILES string of the molecule is CCC(C)NCc1ncc(-c2ccc(F)cc2)[nH]1. The van der Waals surface area contributed by atoms with Crippen LogP contribution < -0.4 is 5.32 Å². The van der Waals surface area contributed by atoms with Crippen LogP contribution in [0.15, 0.2) is 30.5 Å². The van der Waals surface area contributed by atoms with Crippen LogP contribution >= 0.6 is 0 Å². The maximum Gasteiger partial charge on any atom is 0.123 e. The van der Waals surface area contributed by atoms with Gasteiger partial charge in [0.05, 0.1) is 18.4 Å². The molecule has 1 aromatic heterocycles. The molecule has 1 atom stereocenters. The van der Waals surface area contributed by atoms with E-state index in [1.807, 2.05) is 0 Å². The Morgan fingerprint density at radius 3 is 2.72 bits per heavy atom. The standard InChI is InChI=1S/C14H18FN3/c1-3-10(2)16-9-14-17-8-13(18-14)11-4-6-12(15)7-5-11/h4-8,10,16H,3,9H2,1-2H3,(H,17,18). The molecule has 0 amide bonds. The number of hydrogen-bond acceptors (Lipinski definition) is 2. The van der Waals surface area contributed by atoms with Crippen molar-refractivity contribution < 1.29 is 4.39 Å². The minimum atomic E-state index is -0.225. The molecule has 1 unspecified atom stereocenters. The molecule has 3 nitrogen and oxygen atoms in total. The third-order valence-corrected chi connectivity index (χ3v) is 3.01. The highest BCUT2D eigenvalue weighted by Crippen LogP contribution is 2.17. The number of imidazole rings is 1. The summed E-state index contributed by atoms with van der Waals surface area (Å²) in [4.78, 5) is 7.54. The molecule has 1 heterocycles. The minimum absolute atomic E-state index is 0.225. The van der Waals surface area contributed by atoms with E-state index >= 15 is 0 Å². The number of nitrogens with zero attached hydrogens (tertiary/aromatic N) is 1. The van der Waals surface area contributed by atoms with Crippen LogP contribution in [0.25, 0.3) is 11.3 Å². The smallest absolute Gasteiger partial charge is 0.123 e. The highest BCUT2D eigenvalue weighted by Gasteiger charge is 2.04. The fraction of sp³-hybridized carbons (Fsp3) is 0.357. The van der Waals surface area contributed by atoms with Crippen LogP contribution in [0.4, 0.5) is 4.39 Å². The van der Waals surface area contributed by atoms with Crippen molar-refractivity contribution in [2.75, 3.05) is 0 Å². The zero-order valence-corrected chi connectivity index (χ0v) is 10.7. The highest BCUT2D eigenvalue weighted by molar-refractivity contribution is 5.58. The third kappa shape index (κ3) is 3.17. The molecule has 0 spiro atoms. The van der Waals surface area contributed by atoms with Gasteiger partial charge in [0, 0.05) is 6.04 Å². The van der Waals surface area contributed by atoms with E-state index in [1.54, 1.807) is 18.3 Å². The van der Waals surface area contributed by atoms with Gasteiger partial charge in [-0.15, -0.1) is 0 Å². The van der Waals surface area contributed by atoms with Crippen LogP contribution in [-0.2, 0) is 6.54 Å². The fourth-order valence-electron chi connectivity index (χ4n) is 1.64. The normalized spacial score (nSPS) is 12.6. The number of hydrogen-bond donors (Lipinski definition) is 2. The molecule has 0 aliphatic carbocycles. The molecule has 96 valence electrons. The fourth-order valence-corrected chi connectivity index (χ4v) is 1.64. The van der Waals surface area contributed by atoms with Gasteiger partial charge in [0.25, 0.3) is 0 Å². The molecule has 0 bridgehead atoms. The lowest BCUT2D eigenvalue weighted by Gasteiger charge is -2.08. The van der Waals surface area contributed by atoms with Crippen LogP contribution in [0.5, 0.6) is 0 Å². The Kier molecular flexibility index (Phi) is 4.10. The maximum atomic E-state index is 12.8. The molecule has 1 aromatic carbocycles. The first-order chi connectivity index (χ1) is 8.69. The molecule has 4 heteroatoms. The summed E-state index contributed by atoms with van der Waals surface area (Å²) in [7, 11) is 0. The molecule has 2 aromatic rings. The average Bonchev–Trinajstić information content (AvgIpc) is 2.85. The first-order valence-electron chi connectivity index (χ1n) is 6.22. The first kappa shape index (κ1) is 12.8. The largest absolute Gasteiger partial charge is 0.341 e. The van der Waals surface area contributed by atoms with Crippen LogP contribution in [0.3, 0.4) is 0 Å². The van der Waals surface area contributed by atoms with Crippen molar-refractivity contribution in [3.8, 4) is 11.3 Å². The van der Waals surface area contributed by atoms with Crippen molar-refractivity contribution >= 4 is 0 Å². The molecular weight excluding hydrogens is 229 g/mol. The van der Waals surface area contributed by atoms with Gasteiger partial charge in [0.1, 0.15) is 11.6 Å². The Morgan fingerprint density at radius 2 is 2.06 bits per heavy atom. The maximum absolute atomic E-state index is 12.8. The van der Waals surface area contributed by atoms with Gasteiger partial charge in [0.15, 0.2) is 0 Å². The van der Waals surface area contributed by atoms with E-state index in [-0.39, 0.29) is 5.82 Å². The first-order valence-corrected chi connectivity index (χ1v) is 6.22. The Hall–Kier alpha value is -1.68. The molecule has 0 aliphatic rings. The predicted molar refractivity (Wildman–Crippen MR) is 70.6 cm³/mol. The molecule has 0 saturated heterocycles. The number of rotatable bonds is 5. The van der Waals surface area contributed by atoms with E-state index in [4.69, 9.17) is 0 Å². The molecule has 0 aliphatic heterocycles. The number of nitrogens with one attached hydrogen (secondary N) is 2. The van der Waals surface area contributed by atoms with Gasteiger partial charge in [0.2, 0.25) is 0 Å². The zero-order chi connectivity index (χ0) is 13.0. The summed E-state index contributed by atoms with van der Waals surface area (Å²) in [5.41, 5.74) is 1.86. The van der Waals surface area contributed by atoms with E-state index < -0.39 is 0 Å². The average molecular weight is 247 g/mol. The molecule has 0 saturated carbocycles. The van der Waals surface area contributed by atoms with E-state index in [9.17, 15) is 4.39 Å². The molecule has 0 fully saturated rings. The van der Waals surface area contributed by atoms with Crippen molar-refractivity contribution in [3.63, 3.8) is 0 Å². The lowest BCUT2D eigenvalue weighted by Crippen LogP contribution is -2.24. The number of halogens is 1. The third-order valence-electron chi connectivity index (χ3n) is 3.01. The van der Waals surface area contributed by atoms with Crippen molar-refractivity contribution in [2.24, 2.45) is 0 Å². The monoisotopic (exact) mass is 247 g/mol. The van der Waals surface area contributed by atoms with Crippen LogP contribution in [0.1, 0.15) is 26.1 Å². The number of benzene rings is 1. The molecular formula is C14H18FN3. The number of aromatic amines is 1. The van der Waals surface area contributed by atoms with Crippen LogP contribution in [0, 0.1) is 5.82 Å². The van der Waals surface area contributed by atoms with Crippen molar-refractivity contribution in [1.29, 1.82) is 0 Å². The van der Waals surface area contributed by atoms with E-state index in [2.05, 4.69) is 29.1 Å². The van der Waals surface area contributed by atoms with Gasteiger partial charge in [-0.2, -0.15) is 0 Å². The lowest BCUT2D eigenvalue weighted by atomic mass is 10.2. The van der Waals surface area contributed by atoms with Gasteiger partial charge in [-0.1, -0.05) is 6.92 Å². The summed E-state index contributed by atoms with van der Waals surface area (Å²) in [5, 5.41) is 3.37. The number of H-pyrrole nitrogens is 1.